The molecule has 0 aromatic heterocycles. The lowest BCUT2D eigenvalue weighted by molar-refractivity contribution is -0.121. The van der Waals surface area contributed by atoms with Crippen molar-refractivity contribution in [3.63, 3.8) is 0 Å². The van der Waals surface area contributed by atoms with Crippen molar-refractivity contribution in [2.24, 2.45) is 5.73 Å². The van der Waals surface area contributed by atoms with E-state index in [4.69, 9.17) is 5.73 Å². The van der Waals surface area contributed by atoms with Crippen LogP contribution in [-0.2, 0) is 4.79 Å². The molecule has 0 saturated carbocycles. The molecule has 5 heteroatoms. The molecule has 0 unspecified atom stereocenters. The second-order valence-electron chi connectivity index (χ2n) is 15.1. The number of hydrogen-bond acceptors (Lipinski definition) is 2. The lowest BCUT2D eigenvalue weighted by Gasteiger charge is -2.20. The molecule has 0 aromatic carbocycles. The molecule has 3 amide bonds. The van der Waals surface area contributed by atoms with Crippen molar-refractivity contribution in [1.82, 2.24) is 10.2 Å². The van der Waals surface area contributed by atoms with Gasteiger partial charge in [0.1, 0.15) is 0 Å². The third-order valence-electron chi connectivity index (χ3n) is 10.3. The summed E-state index contributed by atoms with van der Waals surface area (Å²) in [6.45, 7) is 6.87. The van der Waals surface area contributed by atoms with Crippen LogP contribution in [0.2, 0.25) is 0 Å². The molecule has 0 rings (SSSR count). The summed E-state index contributed by atoms with van der Waals surface area (Å²) >= 11 is 0. The maximum Gasteiger partial charge on any atom is 0.314 e. The number of nitrogens with two attached hydrogens (primary N) is 1. The number of unbranched alkanes of at least 4 members (excludes halogenated alkanes) is 32. The number of urea groups is 1. The number of hydrogen-bond donors (Lipinski definition) is 2. The molecule has 0 aliphatic rings. The number of carbonyl (C=O) groups is 2. The van der Waals surface area contributed by atoms with Gasteiger partial charge in [0.25, 0.3) is 0 Å². The van der Waals surface area contributed by atoms with Crippen LogP contribution in [-0.4, -0.2) is 36.5 Å². The highest BCUT2D eigenvalue weighted by atomic mass is 16.2. The first kappa shape index (κ1) is 46.7. The standard InChI is InChI=1S/C43H87N3O2/c1-3-5-7-9-11-13-15-17-19-21-23-25-27-29-31-35-39-45-42(47)38-34-33-37-41-46(43(44)48)40-36-32-30-28-26-24-22-20-18-16-14-12-10-8-6-4-2/h3-41H2,1-2H3,(H2,44,48)(H,45,47). The largest absolute Gasteiger partial charge is 0.356 e. The fraction of sp³-hybridized carbons (Fsp3) is 0.953. The van der Waals surface area contributed by atoms with Crippen LogP contribution in [0.25, 0.3) is 0 Å². The minimum atomic E-state index is -0.299. The van der Waals surface area contributed by atoms with Gasteiger partial charge in [-0.1, -0.05) is 213 Å². The van der Waals surface area contributed by atoms with Crippen LogP contribution in [0.5, 0.6) is 0 Å². The fourth-order valence-corrected chi connectivity index (χ4v) is 6.94. The number of carbonyl (C=O) groups excluding carboxylic acids is 2. The van der Waals surface area contributed by atoms with E-state index in [-0.39, 0.29) is 11.9 Å². The molecule has 48 heavy (non-hydrogen) atoms. The summed E-state index contributed by atoms with van der Waals surface area (Å²) in [7, 11) is 0. The van der Waals surface area contributed by atoms with Gasteiger partial charge in [-0.3, -0.25) is 4.79 Å². The topological polar surface area (TPSA) is 75.4 Å². The van der Waals surface area contributed by atoms with Crippen molar-refractivity contribution in [3.05, 3.63) is 0 Å². The highest BCUT2D eigenvalue weighted by Crippen LogP contribution is 2.15. The van der Waals surface area contributed by atoms with Gasteiger partial charge in [0.2, 0.25) is 5.91 Å². The monoisotopic (exact) mass is 678 g/mol. The predicted octanol–water partition coefficient (Wildman–Crippen LogP) is 13.6. The quantitative estimate of drug-likeness (QED) is 0.0633. The Bertz CT molecular complexity index is 656. The molecule has 0 saturated heterocycles. The van der Waals surface area contributed by atoms with E-state index in [1.54, 1.807) is 4.90 Å². The normalized spacial score (nSPS) is 11.3. The Balaban J connectivity index is 3.44. The van der Waals surface area contributed by atoms with Gasteiger partial charge in [0, 0.05) is 26.1 Å². The average molecular weight is 678 g/mol. The predicted molar refractivity (Wildman–Crippen MR) is 212 cm³/mol. The van der Waals surface area contributed by atoms with Crippen LogP contribution >= 0.6 is 0 Å². The second kappa shape index (κ2) is 40.2. The SMILES string of the molecule is CCCCCCCCCCCCCCCCCCNC(=O)CCCCCN(CCCCCCCCCCCCCCCCCC)C(N)=O. The molecule has 0 radical (unpaired) electrons. The van der Waals surface area contributed by atoms with E-state index in [9.17, 15) is 9.59 Å². The first-order valence-corrected chi connectivity index (χ1v) is 21.9. The molecule has 0 aromatic rings. The Labute approximate surface area is 301 Å². The molecule has 5 nitrogen and oxygen atoms in total. The van der Waals surface area contributed by atoms with Gasteiger partial charge < -0.3 is 16.0 Å². The zero-order valence-corrected chi connectivity index (χ0v) is 32.9. The molecule has 0 aliphatic carbocycles. The number of rotatable bonds is 40. The summed E-state index contributed by atoms with van der Waals surface area (Å²) < 4.78 is 0. The van der Waals surface area contributed by atoms with Gasteiger partial charge in [0.05, 0.1) is 0 Å². The van der Waals surface area contributed by atoms with Crippen molar-refractivity contribution >= 4 is 11.9 Å². The summed E-state index contributed by atoms with van der Waals surface area (Å²) in [4.78, 5) is 25.9. The minimum Gasteiger partial charge on any atom is -0.356 e. The van der Waals surface area contributed by atoms with Gasteiger partial charge in [-0.25, -0.2) is 4.79 Å². The highest BCUT2D eigenvalue weighted by Gasteiger charge is 2.09. The second-order valence-corrected chi connectivity index (χ2v) is 15.1. The molecular formula is C43H87N3O2. The van der Waals surface area contributed by atoms with Crippen LogP contribution in [0.15, 0.2) is 0 Å². The van der Waals surface area contributed by atoms with Gasteiger partial charge in [0.15, 0.2) is 0 Å². The van der Waals surface area contributed by atoms with Crippen molar-refractivity contribution in [2.45, 2.75) is 245 Å². The van der Waals surface area contributed by atoms with E-state index in [0.29, 0.717) is 6.42 Å². The van der Waals surface area contributed by atoms with Gasteiger partial charge in [-0.15, -0.1) is 0 Å². The third-order valence-corrected chi connectivity index (χ3v) is 10.3. The van der Waals surface area contributed by atoms with E-state index < -0.39 is 0 Å². The van der Waals surface area contributed by atoms with Crippen LogP contribution in [0.4, 0.5) is 4.79 Å². The van der Waals surface area contributed by atoms with Crippen LogP contribution in [0.1, 0.15) is 245 Å². The zero-order chi connectivity index (χ0) is 35.0. The summed E-state index contributed by atoms with van der Waals surface area (Å²) in [6, 6.07) is -0.299. The molecule has 0 fully saturated rings. The summed E-state index contributed by atoms with van der Waals surface area (Å²) in [6.07, 6.45) is 47.0. The number of nitrogens with one attached hydrogen (secondary N) is 1. The molecule has 0 atom stereocenters. The maximum atomic E-state index is 12.2. The van der Waals surface area contributed by atoms with E-state index in [2.05, 4.69) is 19.2 Å². The maximum absolute atomic E-state index is 12.2. The van der Waals surface area contributed by atoms with Crippen LogP contribution in [0.3, 0.4) is 0 Å². The highest BCUT2D eigenvalue weighted by molar-refractivity contribution is 5.75. The smallest absolute Gasteiger partial charge is 0.314 e. The van der Waals surface area contributed by atoms with Gasteiger partial charge >= 0.3 is 6.03 Å². The van der Waals surface area contributed by atoms with E-state index in [1.807, 2.05) is 0 Å². The molecule has 286 valence electrons. The fourth-order valence-electron chi connectivity index (χ4n) is 6.94. The summed E-state index contributed by atoms with van der Waals surface area (Å²) in [5, 5.41) is 3.10. The Morgan fingerprint density at radius 2 is 0.667 bits per heavy atom. The molecule has 0 bridgehead atoms. The van der Waals surface area contributed by atoms with Gasteiger partial charge in [-0.2, -0.15) is 0 Å². The van der Waals surface area contributed by atoms with Crippen LogP contribution < -0.4 is 11.1 Å². The van der Waals surface area contributed by atoms with Crippen molar-refractivity contribution < 1.29 is 9.59 Å². The molecular weight excluding hydrogens is 590 g/mol. The molecule has 3 N–H and O–H groups in total. The summed E-state index contributed by atoms with van der Waals surface area (Å²) in [5.74, 6) is 0.177. The third kappa shape index (κ3) is 37.6. The van der Waals surface area contributed by atoms with E-state index >= 15 is 0 Å². The molecule has 0 aliphatic heterocycles. The van der Waals surface area contributed by atoms with Crippen molar-refractivity contribution in [3.8, 4) is 0 Å². The first-order chi connectivity index (χ1) is 23.6. The van der Waals surface area contributed by atoms with Crippen molar-refractivity contribution in [2.75, 3.05) is 19.6 Å². The minimum absolute atomic E-state index is 0.177. The Hall–Kier alpha value is -1.26. The zero-order valence-electron chi connectivity index (χ0n) is 32.9. The lowest BCUT2D eigenvalue weighted by atomic mass is 10.0. The lowest BCUT2D eigenvalue weighted by Crippen LogP contribution is -2.37. The summed E-state index contributed by atoms with van der Waals surface area (Å²) in [5.41, 5.74) is 5.64. The van der Waals surface area contributed by atoms with Crippen LogP contribution in [0, 0.1) is 0 Å². The average Bonchev–Trinajstić information content (AvgIpc) is 3.08. The number of amides is 3. The van der Waals surface area contributed by atoms with Crippen molar-refractivity contribution in [1.29, 1.82) is 0 Å². The Morgan fingerprint density at radius 3 is 0.979 bits per heavy atom. The number of nitrogens with zero attached hydrogens (tertiary/aromatic N) is 1. The van der Waals surface area contributed by atoms with E-state index in [0.717, 1.165) is 51.7 Å². The first-order valence-electron chi connectivity index (χ1n) is 21.9. The Kier molecular flexibility index (Phi) is 39.1. The Morgan fingerprint density at radius 1 is 0.396 bits per heavy atom. The van der Waals surface area contributed by atoms with E-state index in [1.165, 1.54) is 193 Å². The van der Waals surface area contributed by atoms with Gasteiger partial charge in [-0.05, 0) is 25.7 Å². The molecule has 0 spiro atoms. The molecule has 0 heterocycles. The number of primary amides is 1.